The van der Waals surface area contributed by atoms with Crippen molar-refractivity contribution in [2.45, 2.75) is 196 Å². The minimum absolute atomic E-state index is 0.0813. The summed E-state index contributed by atoms with van der Waals surface area (Å²) in [5.74, 6) is -8.75. The third-order valence-electron chi connectivity index (χ3n) is 13.8. The molecule has 1 heterocycles. The first-order chi connectivity index (χ1) is 35.3. The Kier molecular flexibility index (Phi) is 29.3. The molecule has 23 nitrogen and oxygen atoms in total. The summed E-state index contributed by atoms with van der Waals surface area (Å²) in [5, 5.41) is 32.1. The number of hydrogen-bond donors (Lipinski definition) is 9. The number of carbonyl (C=O) groups excluding carboxylic acids is 11. The van der Waals surface area contributed by atoms with Crippen LogP contribution < -0.4 is 42.5 Å². The van der Waals surface area contributed by atoms with Crippen LogP contribution in [-0.2, 0) is 52.7 Å². The lowest BCUT2D eigenvalue weighted by Gasteiger charge is -2.35. The van der Waals surface area contributed by atoms with E-state index in [0.717, 1.165) is 0 Å². The SMILES string of the molecule is CC[C@H](C)[C@H]1C(=O)NCCC(=O)N[C@H](C(C)C)C(=O)N(C)[C@@H](C(C)C)C(=O)N[C@@H](C)C(=O)NCCC(=O)N[C@H](CC(C)C)C(=O)N(C)[C@H]([C@@H](C)CC)C(=O)N[C@@H]([C@@H](C)O)C(=O)NCCC(=O)N[C@H](CC(C)C)C(=O)N1C. The molecule has 11 amide bonds. The Hall–Kier alpha value is -5.87. The summed E-state index contributed by atoms with van der Waals surface area (Å²) in [6.45, 7) is 23.7. The van der Waals surface area contributed by atoms with Crippen molar-refractivity contribution in [3.63, 3.8) is 0 Å². The largest absolute Gasteiger partial charge is 0.391 e. The molecule has 0 radical (unpaired) electrons. The van der Waals surface area contributed by atoms with Crippen LogP contribution in [0.5, 0.6) is 0 Å². The lowest BCUT2D eigenvalue weighted by molar-refractivity contribution is -0.145. The summed E-state index contributed by atoms with van der Waals surface area (Å²) in [5.41, 5.74) is 0. The maximum atomic E-state index is 14.2. The summed E-state index contributed by atoms with van der Waals surface area (Å²) in [6.07, 6.45) is -0.924. The third kappa shape index (κ3) is 21.3. The molecule has 1 saturated heterocycles. The second kappa shape index (κ2) is 32.7. The van der Waals surface area contributed by atoms with Gasteiger partial charge in [-0.15, -0.1) is 0 Å². The molecule has 0 aliphatic carbocycles. The van der Waals surface area contributed by atoms with E-state index >= 15 is 0 Å². The maximum absolute atomic E-state index is 14.2. The lowest BCUT2D eigenvalue weighted by atomic mass is 9.94. The van der Waals surface area contributed by atoms with Gasteiger partial charge in [0.2, 0.25) is 65.0 Å². The molecule has 1 fully saturated rings. The van der Waals surface area contributed by atoms with E-state index in [9.17, 15) is 57.8 Å². The van der Waals surface area contributed by atoms with E-state index in [1.54, 1.807) is 41.5 Å². The summed E-state index contributed by atoms with van der Waals surface area (Å²) in [6, 6.07) is -9.13. The Balaban J connectivity index is 3.74. The van der Waals surface area contributed by atoms with E-state index < -0.39 is 137 Å². The fraction of sp³-hybridized carbons (Fsp3) is 0.792. The van der Waals surface area contributed by atoms with E-state index in [2.05, 4.69) is 42.5 Å². The Labute approximate surface area is 451 Å². The predicted octanol–water partition coefficient (Wildman–Crippen LogP) is 0.321. The number of rotatable bonds is 11. The Bertz CT molecular complexity index is 2000. The Morgan fingerprint density at radius 2 is 0.816 bits per heavy atom. The minimum atomic E-state index is -1.51. The molecular weight excluding hydrogens is 983 g/mol. The molecule has 0 aromatic heterocycles. The smallest absolute Gasteiger partial charge is 0.245 e. The van der Waals surface area contributed by atoms with Crippen molar-refractivity contribution in [1.82, 2.24) is 57.2 Å². The summed E-state index contributed by atoms with van der Waals surface area (Å²) >= 11 is 0. The van der Waals surface area contributed by atoms with Crippen LogP contribution in [0.25, 0.3) is 0 Å². The van der Waals surface area contributed by atoms with Gasteiger partial charge >= 0.3 is 0 Å². The van der Waals surface area contributed by atoms with Gasteiger partial charge in [0.05, 0.1) is 6.10 Å². The van der Waals surface area contributed by atoms with Gasteiger partial charge in [0.15, 0.2) is 0 Å². The van der Waals surface area contributed by atoms with Crippen LogP contribution in [0.15, 0.2) is 0 Å². The number of amides is 11. The zero-order chi connectivity index (χ0) is 58.5. The molecule has 0 unspecified atom stereocenters. The molecule has 1 aliphatic heterocycles. The van der Waals surface area contributed by atoms with Crippen molar-refractivity contribution in [2.75, 3.05) is 40.8 Å². The van der Waals surface area contributed by atoms with Crippen LogP contribution in [0.3, 0.4) is 0 Å². The third-order valence-corrected chi connectivity index (χ3v) is 13.8. The first kappa shape index (κ1) is 68.1. The molecule has 23 heteroatoms. The molecule has 1 aliphatic rings. The predicted molar refractivity (Wildman–Crippen MR) is 287 cm³/mol. The van der Waals surface area contributed by atoms with Crippen LogP contribution >= 0.6 is 0 Å². The van der Waals surface area contributed by atoms with Gasteiger partial charge in [-0.1, -0.05) is 95.9 Å². The van der Waals surface area contributed by atoms with E-state index in [0.29, 0.717) is 12.8 Å². The molecule has 0 bridgehead atoms. The highest BCUT2D eigenvalue weighted by molar-refractivity contribution is 5.97. The highest BCUT2D eigenvalue weighted by Crippen LogP contribution is 2.20. The molecular formula is C53H95N11O12. The van der Waals surface area contributed by atoms with Crippen LogP contribution in [0.4, 0.5) is 0 Å². The second-order valence-corrected chi connectivity index (χ2v) is 22.1. The van der Waals surface area contributed by atoms with E-state index in [4.69, 9.17) is 0 Å². The molecule has 0 aromatic rings. The molecule has 0 aromatic carbocycles. The van der Waals surface area contributed by atoms with Crippen LogP contribution in [0.2, 0.25) is 0 Å². The van der Waals surface area contributed by atoms with E-state index in [1.165, 1.54) is 49.7 Å². The van der Waals surface area contributed by atoms with Crippen molar-refractivity contribution >= 4 is 65.0 Å². The van der Waals surface area contributed by atoms with Gasteiger partial charge in [0, 0.05) is 60.0 Å². The molecule has 0 spiro atoms. The molecule has 434 valence electrons. The number of nitrogens with one attached hydrogen (secondary N) is 8. The normalized spacial score (nSPS) is 26.8. The van der Waals surface area contributed by atoms with Crippen molar-refractivity contribution in [2.24, 2.45) is 35.5 Å². The molecule has 9 N–H and O–H groups in total. The van der Waals surface area contributed by atoms with Crippen LogP contribution in [0.1, 0.15) is 142 Å². The van der Waals surface area contributed by atoms with Gasteiger partial charge in [0.1, 0.15) is 48.3 Å². The quantitative estimate of drug-likeness (QED) is 0.135. The number of hydrogen-bond acceptors (Lipinski definition) is 12. The summed E-state index contributed by atoms with van der Waals surface area (Å²) in [7, 11) is 4.30. The first-order valence-corrected chi connectivity index (χ1v) is 27.1. The van der Waals surface area contributed by atoms with Crippen LogP contribution in [-0.4, -0.2) is 180 Å². The van der Waals surface area contributed by atoms with Gasteiger partial charge in [-0.25, -0.2) is 0 Å². The summed E-state index contributed by atoms with van der Waals surface area (Å²) in [4.78, 5) is 155. The van der Waals surface area contributed by atoms with Crippen molar-refractivity contribution < 1.29 is 57.8 Å². The molecule has 11 atom stereocenters. The van der Waals surface area contributed by atoms with E-state index in [-0.39, 0.29) is 69.5 Å². The number of carbonyl (C=O) groups is 11. The van der Waals surface area contributed by atoms with Gasteiger partial charge in [-0.3, -0.25) is 52.7 Å². The van der Waals surface area contributed by atoms with Crippen molar-refractivity contribution in [3.05, 3.63) is 0 Å². The number of aliphatic hydroxyl groups excluding tert-OH is 1. The maximum Gasteiger partial charge on any atom is 0.245 e. The molecule has 0 saturated carbocycles. The van der Waals surface area contributed by atoms with Gasteiger partial charge < -0.3 is 62.3 Å². The Morgan fingerprint density at radius 1 is 0.447 bits per heavy atom. The minimum Gasteiger partial charge on any atom is -0.391 e. The fourth-order valence-corrected chi connectivity index (χ4v) is 9.08. The topological polar surface area (TPSA) is 314 Å². The Morgan fingerprint density at radius 3 is 1.20 bits per heavy atom. The first-order valence-electron chi connectivity index (χ1n) is 27.1. The average molecular weight is 1080 g/mol. The number of aliphatic hydroxyl groups is 1. The van der Waals surface area contributed by atoms with Crippen molar-refractivity contribution in [1.29, 1.82) is 0 Å². The number of likely N-dealkylation sites (N-methyl/N-ethyl adjacent to an activating group) is 3. The van der Waals surface area contributed by atoms with Gasteiger partial charge in [-0.05, 0) is 62.2 Å². The standard InChI is InChI=1S/C53H95N11O12/c1-18-32(11)44-48(71)56-25-22-40(68)60-41(30(7)8)53(76)62(15)43(31(9)10)49(72)57-34(13)46(69)54-23-20-38(66)59-37(27-29(5)6)52(75)64(17)45(33(12)19-2)50(73)61-42(35(14)65)47(70)55-24-21-39(67)58-36(26-28(3)4)51(74)63(44)16/h28-37,41-45,65H,18-27H2,1-17H3,(H,54,69)(H,55,70)(H,56,71)(H,57,72)(H,58,67)(H,59,66)(H,60,68)(H,61,73)/t32-,33-,34-,35+,36+,37+,41+,42-,43-,44-,45+/m0/s1. The fourth-order valence-electron chi connectivity index (χ4n) is 9.08. The zero-order valence-corrected chi connectivity index (χ0v) is 48.5. The monoisotopic (exact) mass is 1080 g/mol. The molecule has 1 rings (SSSR count). The molecule has 76 heavy (non-hydrogen) atoms. The summed E-state index contributed by atoms with van der Waals surface area (Å²) < 4.78 is 0. The van der Waals surface area contributed by atoms with E-state index in [1.807, 2.05) is 41.5 Å². The van der Waals surface area contributed by atoms with Gasteiger partial charge in [0.25, 0.3) is 0 Å². The average Bonchev–Trinajstić information content (AvgIpc) is 3.32. The highest BCUT2D eigenvalue weighted by atomic mass is 16.3. The second-order valence-electron chi connectivity index (χ2n) is 22.1. The lowest BCUT2D eigenvalue weighted by Crippen LogP contribution is -2.61. The van der Waals surface area contributed by atoms with Gasteiger partial charge in [-0.2, -0.15) is 0 Å². The zero-order valence-electron chi connectivity index (χ0n) is 48.5. The highest BCUT2D eigenvalue weighted by Gasteiger charge is 2.40. The van der Waals surface area contributed by atoms with Crippen LogP contribution in [0, 0.1) is 35.5 Å². The van der Waals surface area contributed by atoms with Crippen molar-refractivity contribution in [3.8, 4) is 0 Å². The number of nitrogens with zero attached hydrogens (tertiary/aromatic N) is 3.